The van der Waals surface area contributed by atoms with Crippen LogP contribution in [0, 0.1) is 11.8 Å². The van der Waals surface area contributed by atoms with Crippen LogP contribution in [0.4, 0.5) is 0 Å². The Labute approximate surface area is 91.5 Å². The van der Waals surface area contributed by atoms with Crippen LogP contribution in [-0.4, -0.2) is 12.7 Å². The van der Waals surface area contributed by atoms with E-state index in [1.165, 1.54) is 5.56 Å². The molecular formula is C14H16O. The van der Waals surface area contributed by atoms with Gasteiger partial charge >= 0.3 is 0 Å². The van der Waals surface area contributed by atoms with Gasteiger partial charge in [0.2, 0.25) is 0 Å². The first kappa shape index (κ1) is 10.3. The molecule has 0 spiro atoms. The molecule has 1 unspecified atom stereocenters. The predicted molar refractivity (Wildman–Crippen MR) is 61.7 cm³/mol. The predicted octanol–water partition coefficient (Wildman–Crippen LogP) is 2.78. The van der Waals surface area contributed by atoms with Gasteiger partial charge in [-0.3, -0.25) is 0 Å². The van der Waals surface area contributed by atoms with Gasteiger partial charge in [0, 0.05) is 12.2 Å². The van der Waals surface area contributed by atoms with Crippen LogP contribution in [0.2, 0.25) is 0 Å². The van der Waals surface area contributed by atoms with Gasteiger partial charge in [0.05, 0.1) is 0 Å². The maximum Gasteiger partial charge on any atom is 0.118 e. The molecule has 0 N–H and O–H groups in total. The second kappa shape index (κ2) is 5.00. The van der Waals surface area contributed by atoms with Gasteiger partial charge in [-0.15, -0.1) is 0 Å². The van der Waals surface area contributed by atoms with Gasteiger partial charge < -0.3 is 4.74 Å². The third-order valence-corrected chi connectivity index (χ3v) is 2.70. The van der Waals surface area contributed by atoms with E-state index in [0.29, 0.717) is 0 Å². The summed E-state index contributed by atoms with van der Waals surface area (Å²) in [4.78, 5) is 0. The third kappa shape index (κ3) is 2.61. The SMILES string of the molecule is CCc1ccccc1C#CC1CCCO1. The zero-order chi connectivity index (χ0) is 10.5. The van der Waals surface area contributed by atoms with E-state index >= 15 is 0 Å². The molecule has 0 aromatic heterocycles. The quantitative estimate of drug-likeness (QED) is 0.633. The van der Waals surface area contributed by atoms with E-state index in [4.69, 9.17) is 4.74 Å². The Morgan fingerprint density at radius 3 is 3.00 bits per heavy atom. The highest BCUT2D eigenvalue weighted by molar-refractivity contribution is 5.41. The summed E-state index contributed by atoms with van der Waals surface area (Å²) in [6.07, 6.45) is 3.43. The standard InChI is InChI=1S/C14H16O/c1-2-12-6-3-4-7-13(12)9-10-14-8-5-11-15-14/h3-4,6-7,14H,2,5,8,11H2,1H3. The summed E-state index contributed by atoms with van der Waals surface area (Å²) in [5.74, 6) is 6.43. The summed E-state index contributed by atoms with van der Waals surface area (Å²) >= 11 is 0. The number of aryl methyl sites for hydroxylation is 1. The van der Waals surface area contributed by atoms with Crippen molar-refractivity contribution in [2.45, 2.75) is 32.3 Å². The zero-order valence-electron chi connectivity index (χ0n) is 9.12. The fourth-order valence-electron chi connectivity index (χ4n) is 1.80. The summed E-state index contributed by atoms with van der Waals surface area (Å²) < 4.78 is 5.47. The average molecular weight is 200 g/mol. The maximum atomic E-state index is 5.47. The molecule has 0 amide bonds. The first-order chi connectivity index (χ1) is 7.40. The van der Waals surface area contributed by atoms with Crippen LogP contribution >= 0.6 is 0 Å². The van der Waals surface area contributed by atoms with Crippen molar-refractivity contribution in [1.29, 1.82) is 0 Å². The number of benzene rings is 1. The van der Waals surface area contributed by atoms with Crippen molar-refractivity contribution < 1.29 is 4.74 Å². The molecule has 0 aliphatic carbocycles. The highest BCUT2D eigenvalue weighted by Gasteiger charge is 2.11. The molecule has 1 aromatic carbocycles. The van der Waals surface area contributed by atoms with Crippen LogP contribution in [0.1, 0.15) is 30.9 Å². The second-order valence-corrected chi connectivity index (χ2v) is 3.78. The van der Waals surface area contributed by atoms with E-state index in [1.807, 2.05) is 6.07 Å². The van der Waals surface area contributed by atoms with E-state index in [2.05, 4.69) is 37.0 Å². The van der Waals surface area contributed by atoms with Gasteiger partial charge in [0.25, 0.3) is 0 Å². The molecule has 1 aromatic rings. The largest absolute Gasteiger partial charge is 0.366 e. The van der Waals surface area contributed by atoms with Gasteiger partial charge in [0.1, 0.15) is 6.10 Å². The van der Waals surface area contributed by atoms with E-state index in [9.17, 15) is 0 Å². The highest BCUT2D eigenvalue weighted by atomic mass is 16.5. The summed E-state index contributed by atoms with van der Waals surface area (Å²) in [5, 5.41) is 0. The molecule has 1 saturated heterocycles. The summed E-state index contributed by atoms with van der Waals surface area (Å²) in [6.45, 7) is 3.03. The van der Waals surface area contributed by atoms with Crippen LogP contribution in [0.3, 0.4) is 0 Å². The monoisotopic (exact) mass is 200 g/mol. The number of hydrogen-bond acceptors (Lipinski definition) is 1. The molecule has 1 heterocycles. The van der Waals surface area contributed by atoms with Crippen LogP contribution in [0.5, 0.6) is 0 Å². The van der Waals surface area contributed by atoms with Crippen molar-refractivity contribution in [2.24, 2.45) is 0 Å². The molecule has 1 fully saturated rings. The normalized spacial score (nSPS) is 19.7. The Hall–Kier alpha value is -1.26. The Morgan fingerprint density at radius 2 is 2.27 bits per heavy atom. The Bertz CT molecular complexity index is 378. The van der Waals surface area contributed by atoms with E-state index in [-0.39, 0.29) is 6.10 Å². The van der Waals surface area contributed by atoms with Crippen LogP contribution in [0.25, 0.3) is 0 Å². The van der Waals surface area contributed by atoms with Crippen molar-refractivity contribution in [1.82, 2.24) is 0 Å². The maximum absolute atomic E-state index is 5.47. The molecule has 78 valence electrons. The first-order valence-corrected chi connectivity index (χ1v) is 5.61. The molecule has 1 heteroatoms. The molecule has 1 atom stereocenters. The van der Waals surface area contributed by atoms with E-state index in [1.54, 1.807) is 0 Å². The van der Waals surface area contributed by atoms with Gasteiger partial charge in [-0.05, 0) is 30.9 Å². The minimum absolute atomic E-state index is 0.162. The fourth-order valence-corrected chi connectivity index (χ4v) is 1.80. The van der Waals surface area contributed by atoms with Crippen LogP contribution in [0.15, 0.2) is 24.3 Å². The van der Waals surface area contributed by atoms with Gasteiger partial charge in [-0.2, -0.15) is 0 Å². The van der Waals surface area contributed by atoms with E-state index < -0.39 is 0 Å². The van der Waals surface area contributed by atoms with Crippen LogP contribution < -0.4 is 0 Å². The minimum atomic E-state index is 0.162. The van der Waals surface area contributed by atoms with Crippen molar-refractivity contribution in [3.63, 3.8) is 0 Å². The summed E-state index contributed by atoms with van der Waals surface area (Å²) in [7, 11) is 0. The molecule has 15 heavy (non-hydrogen) atoms. The Kier molecular flexibility index (Phi) is 3.42. The molecule has 1 nitrogen and oxygen atoms in total. The smallest absolute Gasteiger partial charge is 0.118 e. The van der Waals surface area contributed by atoms with E-state index in [0.717, 1.165) is 31.4 Å². The lowest BCUT2D eigenvalue weighted by Crippen LogP contribution is -2.00. The Morgan fingerprint density at radius 1 is 1.40 bits per heavy atom. The highest BCUT2D eigenvalue weighted by Crippen LogP contribution is 2.12. The Balaban J connectivity index is 2.14. The van der Waals surface area contributed by atoms with Crippen molar-refractivity contribution in [2.75, 3.05) is 6.61 Å². The molecule has 2 rings (SSSR count). The van der Waals surface area contributed by atoms with Gasteiger partial charge in [-0.1, -0.05) is 37.0 Å². The fraction of sp³-hybridized carbons (Fsp3) is 0.429. The summed E-state index contributed by atoms with van der Waals surface area (Å²) in [6, 6.07) is 8.33. The lowest BCUT2D eigenvalue weighted by Gasteiger charge is -2.01. The number of ether oxygens (including phenoxy) is 1. The summed E-state index contributed by atoms with van der Waals surface area (Å²) in [5.41, 5.74) is 2.47. The topological polar surface area (TPSA) is 9.23 Å². The van der Waals surface area contributed by atoms with Crippen molar-refractivity contribution in [3.05, 3.63) is 35.4 Å². The molecule has 0 bridgehead atoms. The molecule has 0 radical (unpaired) electrons. The minimum Gasteiger partial charge on any atom is -0.366 e. The zero-order valence-corrected chi connectivity index (χ0v) is 9.12. The average Bonchev–Trinajstić information content (AvgIpc) is 2.79. The molecule has 1 aliphatic rings. The molecule has 1 aliphatic heterocycles. The lowest BCUT2D eigenvalue weighted by molar-refractivity contribution is 0.152. The van der Waals surface area contributed by atoms with Gasteiger partial charge in [0.15, 0.2) is 0 Å². The number of hydrogen-bond donors (Lipinski definition) is 0. The second-order valence-electron chi connectivity index (χ2n) is 3.78. The van der Waals surface area contributed by atoms with Crippen molar-refractivity contribution >= 4 is 0 Å². The molecule has 0 saturated carbocycles. The van der Waals surface area contributed by atoms with Crippen molar-refractivity contribution in [3.8, 4) is 11.8 Å². The van der Waals surface area contributed by atoms with Gasteiger partial charge in [-0.25, -0.2) is 0 Å². The lowest BCUT2D eigenvalue weighted by atomic mass is 10.1. The van der Waals surface area contributed by atoms with Crippen LogP contribution in [-0.2, 0) is 11.2 Å². The number of rotatable bonds is 1. The third-order valence-electron chi connectivity index (χ3n) is 2.70. The first-order valence-electron chi connectivity index (χ1n) is 5.61. The molecular weight excluding hydrogens is 184 g/mol.